The molecule has 0 saturated heterocycles. The summed E-state index contributed by atoms with van der Waals surface area (Å²) in [4.78, 5) is 24.0. The van der Waals surface area contributed by atoms with Crippen LogP contribution in [0, 0.1) is 10.1 Å². The van der Waals surface area contributed by atoms with Crippen molar-refractivity contribution < 1.29 is 23.9 Å². The molecule has 0 spiro atoms. The molecule has 0 radical (unpaired) electrons. The summed E-state index contributed by atoms with van der Waals surface area (Å²) < 4.78 is 16.5. The van der Waals surface area contributed by atoms with Gasteiger partial charge in [0.05, 0.1) is 42.6 Å². The molecule has 0 aliphatic rings. The summed E-state index contributed by atoms with van der Waals surface area (Å²) >= 11 is 0. The molecule has 0 fully saturated rings. The zero-order valence-corrected chi connectivity index (χ0v) is 19.6. The highest BCUT2D eigenvalue weighted by Crippen LogP contribution is 2.34. The number of methoxy groups -OCH3 is 2. The van der Waals surface area contributed by atoms with Crippen LogP contribution in [-0.4, -0.2) is 31.3 Å². The number of benzene rings is 4. The van der Waals surface area contributed by atoms with Crippen molar-refractivity contribution in [1.82, 2.24) is 5.43 Å². The van der Waals surface area contributed by atoms with Crippen LogP contribution in [0.2, 0.25) is 0 Å². The highest BCUT2D eigenvalue weighted by molar-refractivity contribution is 6.02. The minimum absolute atomic E-state index is 0.134. The highest BCUT2D eigenvalue weighted by atomic mass is 16.6. The Kier molecular flexibility index (Phi) is 7.40. The summed E-state index contributed by atoms with van der Waals surface area (Å²) in [6, 6.07) is 23.1. The SMILES string of the molecule is COc1cc(/C=N\NC(=O)c2cc3ccccc3cc2OC)c([N+](=O)[O-])cc1OCc1ccccc1. The maximum Gasteiger partial charge on any atom is 0.282 e. The van der Waals surface area contributed by atoms with E-state index in [2.05, 4.69) is 10.5 Å². The molecule has 182 valence electrons. The third-order valence-corrected chi connectivity index (χ3v) is 5.43. The number of hydrogen-bond donors (Lipinski definition) is 1. The highest BCUT2D eigenvalue weighted by Gasteiger charge is 2.19. The van der Waals surface area contributed by atoms with Gasteiger partial charge in [-0.05, 0) is 34.5 Å². The van der Waals surface area contributed by atoms with Crippen molar-refractivity contribution in [3.8, 4) is 17.2 Å². The van der Waals surface area contributed by atoms with E-state index in [1.165, 1.54) is 32.6 Å². The van der Waals surface area contributed by atoms with Gasteiger partial charge in [0.1, 0.15) is 12.4 Å². The lowest BCUT2D eigenvalue weighted by Crippen LogP contribution is -2.18. The minimum atomic E-state index is -0.551. The smallest absolute Gasteiger partial charge is 0.282 e. The number of hydrazone groups is 1. The molecule has 0 saturated carbocycles. The van der Waals surface area contributed by atoms with Gasteiger partial charge in [-0.25, -0.2) is 5.43 Å². The Morgan fingerprint density at radius 1 is 0.917 bits per heavy atom. The lowest BCUT2D eigenvalue weighted by atomic mass is 10.1. The first-order valence-electron chi connectivity index (χ1n) is 10.9. The van der Waals surface area contributed by atoms with Crippen molar-refractivity contribution in [3.05, 3.63) is 106 Å². The largest absolute Gasteiger partial charge is 0.496 e. The van der Waals surface area contributed by atoms with Gasteiger partial charge < -0.3 is 14.2 Å². The molecule has 9 nitrogen and oxygen atoms in total. The van der Waals surface area contributed by atoms with Gasteiger partial charge in [-0.3, -0.25) is 14.9 Å². The first kappa shape index (κ1) is 24.2. The van der Waals surface area contributed by atoms with Gasteiger partial charge in [0.25, 0.3) is 11.6 Å². The Balaban J connectivity index is 1.56. The van der Waals surface area contributed by atoms with Gasteiger partial charge in [-0.2, -0.15) is 5.10 Å². The van der Waals surface area contributed by atoms with Crippen LogP contribution in [0.3, 0.4) is 0 Å². The van der Waals surface area contributed by atoms with Gasteiger partial charge in [-0.1, -0.05) is 54.6 Å². The second-order valence-corrected chi connectivity index (χ2v) is 7.69. The van der Waals surface area contributed by atoms with Crippen LogP contribution in [0.25, 0.3) is 10.8 Å². The van der Waals surface area contributed by atoms with Crippen LogP contribution in [0.15, 0.2) is 84.0 Å². The molecule has 0 unspecified atom stereocenters. The maximum atomic E-state index is 12.8. The Morgan fingerprint density at radius 2 is 1.58 bits per heavy atom. The molecule has 36 heavy (non-hydrogen) atoms. The second kappa shape index (κ2) is 11.0. The molecule has 0 atom stereocenters. The summed E-state index contributed by atoms with van der Waals surface area (Å²) in [6.45, 7) is 0.214. The minimum Gasteiger partial charge on any atom is -0.496 e. The number of carbonyl (C=O) groups excluding carboxylic acids is 1. The third-order valence-electron chi connectivity index (χ3n) is 5.43. The summed E-state index contributed by atoms with van der Waals surface area (Å²) in [5.41, 5.74) is 3.48. The van der Waals surface area contributed by atoms with E-state index in [4.69, 9.17) is 14.2 Å². The Bertz CT molecular complexity index is 1440. The average molecular weight is 485 g/mol. The summed E-state index contributed by atoms with van der Waals surface area (Å²) in [5.74, 6) is 0.371. The standard InChI is InChI=1S/C27H23N3O6/c1-34-24-13-20-11-7-6-10-19(20)12-22(24)27(31)29-28-16-21-14-25(35-2)26(15-23(21)30(32)33)36-17-18-8-4-3-5-9-18/h3-16H,17H2,1-2H3,(H,29,31)/b28-16-. The number of nitrogens with zero attached hydrogens (tertiary/aromatic N) is 2. The van der Waals surface area contributed by atoms with Crippen molar-refractivity contribution in [1.29, 1.82) is 0 Å². The monoisotopic (exact) mass is 485 g/mol. The zero-order valence-electron chi connectivity index (χ0n) is 19.6. The van der Waals surface area contributed by atoms with Crippen molar-refractivity contribution >= 4 is 28.6 Å². The molecule has 4 rings (SSSR count). The summed E-state index contributed by atoms with van der Waals surface area (Å²) in [7, 11) is 2.91. The number of fused-ring (bicyclic) bond motifs is 1. The second-order valence-electron chi connectivity index (χ2n) is 7.69. The molecular formula is C27H23N3O6. The molecule has 0 aliphatic carbocycles. The predicted octanol–water partition coefficient (Wildman–Crippen LogP) is 5.11. The molecule has 0 heterocycles. The van der Waals surface area contributed by atoms with E-state index < -0.39 is 10.8 Å². The average Bonchev–Trinajstić information content (AvgIpc) is 2.91. The van der Waals surface area contributed by atoms with E-state index in [0.717, 1.165) is 16.3 Å². The fourth-order valence-corrected chi connectivity index (χ4v) is 3.62. The van der Waals surface area contributed by atoms with Crippen LogP contribution in [0.1, 0.15) is 21.5 Å². The Hall–Kier alpha value is -4.92. The van der Waals surface area contributed by atoms with Gasteiger partial charge in [0.2, 0.25) is 0 Å². The summed E-state index contributed by atoms with van der Waals surface area (Å²) in [6.07, 6.45) is 1.19. The van der Waals surface area contributed by atoms with Gasteiger partial charge in [-0.15, -0.1) is 0 Å². The Labute approximate surface area is 207 Å². The molecule has 4 aromatic carbocycles. The normalized spacial score (nSPS) is 10.8. The number of nitro groups is 1. The molecule has 9 heteroatoms. The topological polar surface area (TPSA) is 112 Å². The number of ether oxygens (including phenoxy) is 3. The van der Waals surface area contributed by atoms with Gasteiger partial charge >= 0.3 is 0 Å². The van der Waals surface area contributed by atoms with Crippen LogP contribution in [-0.2, 0) is 6.61 Å². The van der Waals surface area contributed by atoms with Gasteiger partial charge in [0, 0.05) is 0 Å². The molecule has 0 aliphatic heterocycles. The van der Waals surface area contributed by atoms with E-state index >= 15 is 0 Å². The quantitative estimate of drug-likeness (QED) is 0.200. The fourth-order valence-electron chi connectivity index (χ4n) is 3.62. The fraction of sp³-hybridized carbons (Fsp3) is 0.111. The van der Waals surface area contributed by atoms with Crippen molar-refractivity contribution in [3.63, 3.8) is 0 Å². The number of nitro benzene ring substituents is 1. The van der Waals surface area contributed by atoms with E-state index in [0.29, 0.717) is 11.5 Å². The van der Waals surface area contributed by atoms with E-state index in [1.54, 1.807) is 12.1 Å². The van der Waals surface area contributed by atoms with E-state index in [9.17, 15) is 14.9 Å². The molecule has 1 amide bonds. The van der Waals surface area contributed by atoms with Crippen LogP contribution in [0.4, 0.5) is 5.69 Å². The zero-order chi connectivity index (χ0) is 25.5. The molecule has 4 aromatic rings. The number of nitrogens with one attached hydrogen (secondary N) is 1. The van der Waals surface area contributed by atoms with Gasteiger partial charge in [0.15, 0.2) is 11.5 Å². The number of carbonyl (C=O) groups is 1. The number of amides is 1. The number of rotatable bonds is 9. The van der Waals surface area contributed by atoms with Crippen LogP contribution < -0.4 is 19.6 Å². The van der Waals surface area contributed by atoms with Crippen molar-refractivity contribution in [2.75, 3.05) is 14.2 Å². The van der Waals surface area contributed by atoms with Crippen LogP contribution in [0.5, 0.6) is 17.2 Å². The molecule has 0 aromatic heterocycles. The van der Waals surface area contributed by atoms with Crippen molar-refractivity contribution in [2.24, 2.45) is 5.10 Å². The predicted molar refractivity (Wildman–Crippen MR) is 136 cm³/mol. The van der Waals surface area contributed by atoms with Crippen molar-refractivity contribution in [2.45, 2.75) is 6.61 Å². The lowest BCUT2D eigenvalue weighted by Gasteiger charge is -2.12. The Morgan fingerprint density at radius 3 is 2.25 bits per heavy atom. The first-order chi connectivity index (χ1) is 17.5. The third kappa shape index (κ3) is 5.41. The lowest BCUT2D eigenvalue weighted by molar-refractivity contribution is -0.385. The number of hydrogen-bond acceptors (Lipinski definition) is 7. The first-order valence-corrected chi connectivity index (χ1v) is 10.9. The molecular weight excluding hydrogens is 462 g/mol. The van der Waals surface area contributed by atoms with Crippen LogP contribution >= 0.6 is 0 Å². The molecule has 1 N–H and O–H groups in total. The van der Waals surface area contributed by atoms with E-state index in [-0.39, 0.29) is 29.2 Å². The summed E-state index contributed by atoms with van der Waals surface area (Å²) in [5, 5.41) is 17.4. The van der Waals surface area contributed by atoms with E-state index in [1.807, 2.05) is 54.6 Å². The molecule has 0 bridgehead atoms. The maximum absolute atomic E-state index is 12.8.